The first-order chi connectivity index (χ1) is 5.77. The van der Waals surface area contributed by atoms with E-state index < -0.39 is 7.42 Å². The van der Waals surface area contributed by atoms with Gasteiger partial charge < -0.3 is 0 Å². The van der Waals surface area contributed by atoms with Crippen LogP contribution in [0, 0.1) is 0 Å². The largest absolute Gasteiger partial charge is 0.237 e. The fourth-order valence-corrected chi connectivity index (χ4v) is 2.49. The Morgan fingerprint density at radius 2 is 1.75 bits per heavy atom. The van der Waals surface area contributed by atoms with E-state index in [4.69, 9.17) is 22.2 Å². The van der Waals surface area contributed by atoms with Gasteiger partial charge in [0.1, 0.15) is 0 Å². The molecule has 0 aromatic carbocycles. The second-order valence-corrected chi connectivity index (χ2v) is 8.13. The second-order valence-electron chi connectivity index (χ2n) is 2.94. The summed E-state index contributed by atoms with van der Waals surface area (Å²) in [4.78, 5) is 0. The van der Waals surface area contributed by atoms with Crippen LogP contribution in [0.2, 0.25) is 6.04 Å². The third kappa shape index (κ3) is 10.5. The zero-order valence-corrected chi connectivity index (χ0v) is 10.4. The SMILES string of the molecule is CCCC=CCCCC[SiH](Cl)Cl. The minimum atomic E-state index is -1.32. The molecule has 72 valence electrons. The highest BCUT2D eigenvalue weighted by atomic mass is 35.7. The Kier molecular flexibility index (Phi) is 10.1. The van der Waals surface area contributed by atoms with Crippen molar-refractivity contribution in [2.75, 3.05) is 0 Å². The summed E-state index contributed by atoms with van der Waals surface area (Å²) >= 11 is 11.5. The molecule has 0 aromatic rings. The zero-order valence-electron chi connectivity index (χ0n) is 7.73. The lowest BCUT2D eigenvalue weighted by Gasteiger charge is -1.96. The Labute approximate surface area is 87.0 Å². The van der Waals surface area contributed by atoms with Crippen LogP contribution in [0.5, 0.6) is 0 Å². The lowest BCUT2D eigenvalue weighted by atomic mass is 10.2. The predicted octanol–water partition coefficient (Wildman–Crippen LogP) is 4.21. The van der Waals surface area contributed by atoms with E-state index in [2.05, 4.69) is 19.1 Å². The molecule has 12 heavy (non-hydrogen) atoms. The molecule has 0 rings (SSSR count). The lowest BCUT2D eigenvalue weighted by Crippen LogP contribution is -1.90. The Morgan fingerprint density at radius 1 is 1.08 bits per heavy atom. The molecule has 0 saturated heterocycles. The number of rotatable bonds is 7. The van der Waals surface area contributed by atoms with Crippen LogP contribution in [0.15, 0.2) is 12.2 Å². The number of allylic oxidation sites excluding steroid dienone is 2. The van der Waals surface area contributed by atoms with E-state index >= 15 is 0 Å². The van der Waals surface area contributed by atoms with Crippen LogP contribution in [0.4, 0.5) is 0 Å². The molecule has 0 N–H and O–H groups in total. The van der Waals surface area contributed by atoms with Gasteiger partial charge in [-0.25, -0.2) is 0 Å². The summed E-state index contributed by atoms with van der Waals surface area (Å²) in [7, 11) is -1.32. The normalized spacial score (nSPS) is 11.7. The Hall–Kier alpha value is 0.537. The van der Waals surface area contributed by atoms with Gasteiger partial charge in [0.25, 0.3) is 0 Å². The molecule has 0 aliphatic heterocycles. The molecular formula is C9H18Cl2Si. The van der Waals surface area contributed by atoms with Crippen LogP contribution in [-0.2, 0) is 0 Å². The standard InChI is InChI=1S/C9H18Cl2Si/c1-2-3-4-5-6-7-8-9-12(10)11/h4-5,12H,2-3,6-9H2,1H3. The molecule has 0 nitrogen and oxygen atoms in total. The molecule has 0 radical (unpaired) electrons. The van der Waals surface area contributed by atoms with Gasteiger partial charge in [0, 0.05) is 0 Å². The van der Waals surface area contributed by atoms with Gasteiger partial charge in [-0.2, -0.15) is 22.2 Å². The number of hydrogen-bond acceptors (Lipinski definition) is 0. The number of hydrogen-bond donors (Lipinski definition) is 0. The van der Waals surface area contributed by atoms with E-state index in [1.807, 2.05) is 0 Å². The molecule has 0 spiro atoms. The van der Waals surface area contributed by atoms with Crippen molar-refractivity contribution in [2.45, 2.75) is 45.1 Å². The summed E-state index contributed by atoms with van der Waals surface area (Å²) in [6.45, 7) is 2.20. The highest BCUT2D eigenvalue weighted by Crippen LogP contribution is 2.10. The van der Waals surface area contributed by atoms with E-state index in [-0.39, 0.29) is 0 Å². The van der Waals surface area contributed by atoms with Crippen molar-refractivity contribution in [3.63, 3.8) is 0 Å². The van der Waals surface area contributed by atoms with Crippen LogP contribution in [-0.4, -0.2) is 7.42 Å². The lowest BCUT2D eigenvalue weighted by molar-refractivity contribution is 0.807. The molecule has 0 amide bonds. The molecule has 0 aliphatic carbocycles. The Bertz CT molecular complexity index is 113. The Balaban J connectivity index is 3.00. The third-order valence-electron chi connectivity index (χ3n) is 1.67. The van der Waals surface area contributed by atoms with Crippen LogP contribution in [0.3, 0.4) is 0 Å². The average molecular weight is 225 g/mol. The second kappa shape index (κ2) is 9.62. The highest BCUT2D eigenvalue weighted by molar-refractivity contribution is 7.33. The van der Waals surface area contributed by atoms with Crippen LogP contribution in [0.1, 0.15) is 39.0 Å². The summed E-state index contributed by atoms with van der Waals surface area (Å²) < 4.78 is 0. The van der Waals surface area contributed by atoms with Gasteiger partial charge in [0.2, 0.25) is 7.42 Å². The van der Waals surface area contributed by atoms with Crippen molar-refractivity contribution < 1.29 is 0 Å². The van der Waals surface area contributed by atoms with Gasteiger partial charge in [0.15, 0.2) is 0 Å². The van der Waals surface area contributed by atoms with E-state index in [0.717, 1.165) is 6.04 Å². The maximum atomic E-state index is 5.73. The van der Waals surface area contributed by atoms with Crippen LogP contribution >= 0.6 is 22.2 Å². The fraction of sp³-hybridized carbons (Fsp3) is 0.778. The van der Waals surface area contributed by atoms with Gasteiger partial charge in [-0.15, -0.1) is 0 Å². The Morgan fingerprint density at radius 3 is 2.33 bits per heavy atom. The highest BCUT2D eigenvalue weighted by Gasteiger charge is 1.99. The summed E-state index contributed by atoms with van der Waals surface area (Å²) in [5.74, 6) is 0. The minimum absolute atomic E-state index is 1.06. The molecule has 0 heterocycles. The first kappa shape index (κ1) is 12.5. The molecule has 0 aromatic heterocycles. The molecule has 0 saturated carbocycles. The van der Waals surface area contributed by atoms with Crippen molar-refractivity contribution >= 4 is 29.6 Å². The number of halogens is 2. The van der Waals surface area contributed by atoms with E-state index in [1.54, 1.807) is 0 Å². The van der Waals surface area contributed by atoms with Crippen LogP contribution < -0.4 is 0 Å². The fourth-order valence-electron chi connectivity index (χ4n) is 0.963. The van der Waals surface area contributed by atoms with Crippen molar-refractivity contribution in [1.82, 2.24) is 0 Å². The average Bonchev–Trinajstić information content (AvgIpc) is 2.02. The zero-order chi connectivity index (χ0) is 9.23. The van der Waals surface area contributed by atoms with Crippen LogP contribution in [0.25, 0.3) is 0 Å². The predicted molar refractivity (Wildman–Crippen MR) is 61.6 cm³/mol. The van der Waals surface area contributed by atoms with Gasteiger partial charge in [0.05, 0.1) is 0 Å². The smallest absolute Gasteiger partial charge is 0.150 e. The molecule has 0 fully saturated rings. The summed E-state index contributed by atoms with van der Waals surface area (Å²) in [5.41, 5.74) is 0. The third-order valence-corrected chi connectivity index (χ3v) is 3.82. The molecule has 3 heteroatoms. The van der Waals surface area contributed by atoms with E-state index in [9.17, 15) is 0 Å². The van der Waals surface area contributed by atoms with Gasteiger partial charge >= 0.3 is 0 Å². The molecular weight excluding hydrogens is 207 g/mol. The van der Waals surface area contributed by atoms with E-state index in [1.165, 1.54) is 32.1 Å². The quantitative estimate of drug-likeness (QED) is 0.263. The topological polar surface area (TPSA) is 0 Å². The van der Waals surface area contributed by atoms with Crippen molar-refractivity contribution in [3.8, 4) is 0 Å². The van der Waals surface area contributed by atoms with Crippen molar-refractivity contribution in [1.29, 1.82) is 0 Å². The number of unbranched alkanes of at least 4 members (excludes halogenated alkanes) is 3. The van der Waals surface area contributed by atoms with Crippen molar-refractivity contribution in [2.24, 2.45) is 0 Å². The summed E-state index contributed by atoms with van der Waals surface area (Å²) in [6, 6.07) is 1.06. The van der Waals surface area contributed by atoms with Gasteiger partial charge in [-0.1, -0.05) is 38.3 Å². The summed E-state index contributed by atoms with van der Waals surface area (Å²) in [5, 5.41) is 0. The maximum Gasteiger partial charge on any atom is 0.237 e. The van der Waals surface area contributed by atoms with Gasteiger partial charge in [-0.05, 0) is 18.9 Å². The first-order valence-corrected chi connectivity index (χ1v) is 9.01. The molecule has 0 aliphatic rings. The van der Waals surface area contributed by atoms with Crippen molar-refractivity contribution in [3.05, 3.63) is 12.2 Å². The first-order valence-electron chi connectivity index (χ1n) is 4.70. The molecule has 0 atom stereocenters. The van der Waals surface area contributed by atoms with E-state index in [0.29, 0.717) is 0 Å². The minimum Gasteiger partial charge on any atom is -0.150 e. The monoisotopic (exact) mass is 224 g/mol. The molecule has 0 bridgehead atoms. The molecule has 0 unspecified atom stereocenters. The summed E-state index contributed by atoms with van der Waals surface area (Å²) in [6.07, 6.45) is 10.6. The van der Waals surface area contributed by atoms with Gasteiger partial charge in [-0.3, -0.25) is 0 Å². The maximum absolute atomic E-state index is 5.73.